The molecular formula is C14H17NO4. The lowest BCUT2D eigenvalue weighted by Crippen LogP contribution is -2.26. The minimum absolute atomic E-state index is 0.0331. The number of hydrogen-bond donors (Lipinski definition) is 2. The molecule has 1 aliphatic heterocycles. The van der Waals surface area contributed by atoms with Gasteiger partial charge in [-0.25, -0.2) is 4.79 Å². The highest BCUT2D eigenvalue weighted by atomic mass is 16.5. The molecule has 1 saturated heterocycles. The van der Waals surface area contributed by atoms with E-state index in [4.69, 9.17) is 9.84 Å². The largest absolute Gasteiger partial charge is 0.478 e. The average Bonchev–Trinajstić information content (AvgIpc) is 2.89. The molecule has 2 N–H and O–H groups in total. The summed E-state index contributed by atoms with van der Waals surface area (Å²) >= 11 is 0. The number of hydrogen-bond acceptors (Lipinski definition) is 3. The van der Waals surface area contributed by atoms with Gasteiger partial charge in [-0.1, -0.05) is 12.1 Å². The van der Waals surface area contributed by atoms with Crippen LogP contribution in [-0.4, -0.2) is 29.7 Å². The van der Waals surface area contributed by atoms with Gasteiger partial charge in [0, 0.05) is 13.2 Å². The Labute approximate surface area is 111 Å². The van der Waals surface area contributed by atoms with Crippen LogP contribution in [0, 0.1) is 0 Å². The highest BCUT2D eigenvalue weighted by molar-refractivity contribution is 5.87. The summed E-state index contributed by atoms with van der Waals surface area (Å²) < 4.78 is 5.39. The molecule has 1 atom stereocenters. The van der Waals surface area contributed by atoms with Crippen molar-refractivity contribution in [1.82, 2.24) is 5.32 Å². The fourth-order valence-electron chi connectivity index (χ4n) is 2.05. The summed E-state index contributed by atoms with van der Waals surface area (Å²) in [6.45, 7) is 1.15. The van der Waals surface area contributed by atoms with Crippen molar-refractivity contribution >= 4 is 11.9 Å². The molecule has 0 saturated carbocycles. The molecule has 0 aromatic heterocycles. The van der Waals surface area contributed by atoms with Crippen LogP contribution in [-0.2, 0) is 16.1 Å². The highest BCUT2D eigenvalue weighted by Gasteiger charge is 2.18. The normalized spacial score (nSPS) is 18.2. The van der Waals surface area contributed by atoms with Crippen molar-refractivity contribution in [2.45, 2.75) is 31.9 Å². The van der Waals surface area contributed by atoms with E-state index in [9.17, 15) is 9.59 Å². The molecule has 0 radical (unpaired) electrons. The summed E-state index contributed by atoms with van der Waals surface area (Å²) in [5.41, 5.74) is 1.13. The Bertz CT molecular complexity index is 449. The van der Waals surface area contributed by atoms with Gasteiger partial charge >= 0.3 is 5.97 Å². The predicted octanol–water partition coefficient (Wildman–Crippen LogP) is 1.57. The maximum Gasteiger partial charge on any atom is 0.335 e. The number of nitrogens with one attached hydrogen (secondary N) is 1. The Balaban J connectivity index is 1.77. The lowest BCUT2D eigenvalue weighted by atomic mass is 10.1. The summed E-state index contributed by atoms with van der Waals surface area (Å²) in [6, 6.07) is 6.47. The Kier molecular flexibility index (Phi) is 4.52. The molecular weight excluding hydrogens is 246 g/mol. The van der Waals surface area contributed by atoms with Crippen LogP contribution >= 0.6 is 0 Å². The summed E-state index contributed by atoms with van der Waals surface area (Å²) in [4.78, 5) is 22.4. The molecule has 5 heteroatoms. The van der Waals surface area contributed by atoms with Crippen molar-refractivity contribution in [3.05, 3.63) is 35.4 Å². The molecule has 0 spiro atoms. The van der Waals surface area contributed by atoms with Gasteiger partial charge < -0.3 is 15.2 Å². The third-order valence-electron chi connectivity index (χ3n) is 3.13. The second kappa shape index (κ2) is 6.33. The molecule has 0 bridgehead atoms. The van der Waals surface area contributed by atoms with Gasteiger partial charge in [-0.2, -0.15) is 0 Å². The predicted molar refractivity (Wildman–Crippen MR) is 68.8 cm³/mol. The van der Waals surface area contributed by atoms with Gasteiger partial charge in [-0.15, -0.1) is 0 Å². The van der Waals surface area contributed by atoms with Gasteiger partial charge in [0.2, 0.25) is 5.91 Å². The Morgan fingerprint density at radius 1 is 1.32 bits per heavy atom. The summed E-state index contributed by atoms with van der Waals surface area (Å²) in [6.07, 6.45) is 2.41. The van der Waals surface area contributed by atoms with E-state index in [0.717, 1.165) is 25.0 Å². The van der Waals surface area contributed by atoms with Crippen molar-refractivity contribution in [3.63, 3.8) is 0 Å². The van der Waals surface area contributed by atoms with E-state index in [1.165, 1.54) is 12.1 Å². The van der Waals surface area contributed by atoms with E-state index in [2.05, 4.69) is 5.32 Å². The van der Waals surface area contributed by atoms with E-state index < -0.39 is 5.97 Å². The zero-order chi connectivity index (χ0) is 13.7. The van der Waals surface area contributed by atoms with E-state index >= 15 is 0 Å². The van der Waals surface area contributed by atoms with Crippen LogP contribution in [0.2, 0.25) is 0 Å². The van der Waals surface area contributed by atoms with Crippen molar-refractivity contribution in [3.8, 4) is 0 Å². The Morgan fingerprint density at radius 3 is 2.63 bits per heavy atom. The molecule has 1 aromatic carbocycles. The van der Waals surface area contributed by atoms with Crippen molar-refractivity contribution in [1.29, 1.82) is 0 Å². The number of carbonyl (C=O) groups excluding carboxylic acids is 1. The molecule has 1 heterocycles. The number of amides is 1. The number of carboxylic acid groups (broad SMARTS) is 1. The van der Waals surface area contributed by atoms with Gasteiger partial charge in [-0.05, 0) is 30.5 Å². The molecule has 1 amide bonds. The van der Waals surface area contributed by atoms with E-state index in [0.29, 0.717) is 13.0 Å². The number of carbonyl (C=O) groups is 2. The quantitative estimate of drug-likeness (QED) is 0.845. The lowest BCUT2D eigenvalue weighted by Gasteiger charge is -2.09. The van der Waals surface area contributed by atoms with E-state index in [1.54, 1.807) is 12.1 Å². The molecule has 0 aliphatic carbocycles. The van der Waals surface area contributed by atoms with Gasteiger partial charge in [0.1, 0.15) is 0 Å². The van der Waals surface area contributed by atoms with Crippen molar-refractivity contribution < 1.29 is 19.4 Å². The molecule has 1 aromatic rings. The second-order valence-corrected chi connectivity index (χ2v) is 4.62. The number of carboxylic acids is 1. The van der Waals surface area contributed by atoms with Crippen LogP contribution in [0.15, 0.2) is 24.3 Å². The number of benzene rings is 1. The first-order valence-electron chi connectivity index (χ1n) is 6.35. The Hall–Kier alpha value is -1.88. The average molecular weight is 263 g/mol. The molecule has 2 rings (SSSR count). The number of rotatable bonds is 5. The summed E-state index contributed by atoms with van der Waals surface area (Å²) in [5.74, 6) is -0.983. The molecule has 1 aliphatic rings. The third-order valence-corrected chi connectivity index (χ3v) is 3.13. The summed E-state index contributed by atoms with van der Waals surface area (Å²) in [5, 5.41) is 11.6. The molecule has 102 valence electrons. The van der Waals surface area contributed by atoms with Crippen LogP contribution in [0.1, 0.15) is 35.2 Å². The zero-order valence-electron chi connectivity index (χ0n) is 10.6. The molecule has 0 unspecified atom stereocenters. The van der Waals surface area contributed by atoms with Gasteiger partial charge in [0.05, 0.1) is 18.1 Å². The minimum Gasteiger partial charge on any atom is -0.478 e. The van der Waals surface area contributed by atoms with E-state index in [-0.39, 0.29) is 17.6 Å². The monoisotopic (exact) mass is 263 g/mol. The number of ether oxygens (including phenoxy) is 1. The third kappa shape index (κ3) is 4.06. The first-order chi connectivity index (χ1) is 9.15. The maximum absolute atomic E-state index is 11.7. The molecule has 19 heavy (non-hydrogen) atoms. The fourth-order valence-corrected chi connectivity index (χ4v) is 2.05. The first-order valence-corrected chi connectivity index (χ1v) is 6.35. The van der Waals surface area contributed by atoms with Crippen LogP contribution in [0.5, 0.6) is 0 Å². The van der Waals surface area contributed by atoms with Crippen LogP contribution in [0.3, 0.4) is 0 Å². The zero-order valence-corrected chi connectivity index (χ0v) is 10.6. The standard InChI is InChI=1S/C14H17NO4/c16-13(8-12-2-1-7-19-12)15-9-10-3-5-11(6-4-10)14(17)18/h3-6,12H,1-2,7-9H2,(H,15,16)(H,17,18)/t12-/m0/s1. The Morgan fingerprint density at radius 2 is 2.05 bits per heavy atom. The lowest BCUT2D eigenvalue weighted by molar-refractivity contribution is -0.123. The van der Waals surface area contributed by atoms with E-state index in [1.807, 2.05) is 0 Å². The smallest absolute Gasteiger partial charge is 0.335 e. The van der Waals surface area contributed by atoms with Crippen LogP contribution in [0.25, 0.3) is 0 Å². The topological polar surface area (TPSA) is 75.6 Å². The SMILES string of the molecule is O=C(C[C@@H]1CCCO1)NCc1ccc(C(=O)O)cc1. The molecule has 5 nitrogen and oxygen atoms in total. The minimum atomic E-state index is -0.950. The van der Waals surface area contributed by atoms with Gasteiger partial charge in [0.15, 0.2) is 0 Å². The van der Waals surface area contributed by atoms with Crippen molar-refractivity contribution in [2.24, 2.45) is 0 Å². The summed E-state index contributed by atoms with van der Waals surface area (Å²) in [7, 11) is 0. The number of aromatic carboxylic acids is 1. The van der Waals surface area contributed by atoms with Crippen LogP contribution in [0.4, 0.5) is 0 Å². The van der Waals surface area contributed by atoms with Crippen LogP contribution < -0.4 is 5.32 Å². The van der Waals surface area contributed by atoms with Gasteiger partial charge in [-0.3, -0.25) is 4.79 Å². The molecule has 1 fully saturated rings. The highest BCUT2D eigenvalue weighted by Crippen LogP contribution is 2.15. The van der Waals surface area contributed by atoms with Gasteiger partial charge in [0.25, 0.3) is 0 Å². The maximum atomic E-state index is 11.7. The fraction of sp³-hybridized carbons (Fsp3) is 0.429. The first kappa shape index (κ1) is 13.5. The second-order valence-electron chi connectivity index (χ2n) is 4.62. The van der Waals surface area contributed by atoms with Crippen molar-refractivity contribution in [2.75, 3.05) is 6.61 Å².